The molecule has 0 spiro atoms. The van der Waals surface area contributed by atoms with Gasteiger partial charge in [-0.3, -0.25) is 4.68 Å². The number of nitrogens with zero attached hydrogens (tertiary/aromatic N) is 2. The number of hydrogen-bond donors (Lipinski definition) is 3. The number of aromatic nitrogens is 2. The third-order valence-electron chi connectivity index (χ3n) is 2.54. The van der Waals surface area contributed by atoms with Crippen LogP contribution in [-0.2, 0) is 11.3 Å². The first kappa shape index (κ1) is 14.9. The molecule has 0 amide bonds. The van der Waals surface area contributed by atoms with Crippen LogP contribution in [0.25, 0.3) is 0 Å². The normalized spacial score (nSPS) is 12.6. The molecule has 1 unspecified atom stereocenters. The monoisotopic (exact) mass is 257 g/mol. The zero-order valence-corrected chi connectivity index (χ0v) is 10.9. The maximum absolute atomic E-state index is 8.75. The van der Waals surface area contributed by atoms with Crippen LogP contribution in [0.1, 0.15) is 19.8 Å². The second-order valence-electron chi connectivity index (χ2n) is 4.24. The van der Waals surface area contributed by atoms with E-state index in [1.165, 1.54) is 0 Å². The predicted molar refractivity (Wildman–Crippen MR) is 69.5 cm³/mol. The summed E-state index contributed by atoms with van der Waals surface area (Å²) in [6, 6.07) is 0.320. The first-order chi connectivity index (χ1) is 8.76. The molecule has 1 atom stereocenters. The van der Waals surface area contributed by atoms with Gasteiger partial charge in [-0.15, -0.1) is 0 Å². The van der Waals surface area contributed by atoms with E-state index in [1.807, 2.05) is 6.20 Å². The zero-order chi connectivity index (χ0) is 13.2. The first-order valence-electron chi connectivity index (χ1n) is 6.34. The fourth-order valence-electron chi connectivity index (χ4n) is 1.64. The van der Waals surface area contributed by atoms with E-state index in [1.54, 1.807) is 10.9 Å². The van der Waals surface area contributed by atoms with Crippen LogP contribution >= 0.6 is 0 Å². The molecule has 6 heteroatoms. The Kier molecular flexibility index (Phi) is 7.40. The molecule has 3 N–H and O–H groups in total. The third-order valence-corrected chi connectivity index (χ3v) is 2.54. The number of ether oxygens (including phenoxy) is 1. The number of aliphatic hydroxyl groups excluding tert-OH is 2. The second-order valence-corrected chi connectivity index (χ2v) is 4.24. The average Bonchev–Trinajstić information content (AvgIpc) is 2.80. The van der Waals surface area contributed by atoms with Crippen LogP contribution in [0.15, 0.2) is 12.4 Å². The van der Waals surface area contributed by atoms with Crippen molar-refractivity contribution in [1.29, 1.82) is 0 Å². The van der Waals surface area contributed by atoms with Crippen molar-refractivity contribution in [3.8, 4) is 0 Å². The highest BCUT2D eigenvalue weighted by molar-refractivity contribution is 5.38. The molecule has 0 saturated carbocycles. The van der Waals surface area contributed by atoms with Crippen molar-refractivity contribution >= 4 is 5.69 Å². The molecule has 0 saturated heterocycles. The maximum Gasteiger partial charge on any atom is 0.0728 e. The number of anilines is 1. The standard InChI is InChI=1S/C12H23N3O3/c1-11(3-2-5-16)14-12-9-13-15(10-12)4-7-18-8-6-17/h9-11,14,16-17H,2-8H2,1H3. The van der Waals surface area contributed by atoms with Crippen LogP contribution in [0.5, 0.6) is 0 Å². The van der Waals surface area contributed by atoms with Crippen molar-refractivity contribution in [2.24, 2.45) is 0 Å². The maximum atomic E-state index is 8.75. The fraction of sp³-hybridized carbons (Fsp3) is 0.750. The highest BCUT2D eigenvalue weighted by Gasteiger charge is 2.03. The van der Waals surface area contributed by atoms with Crippen molar-refractivity contribution in [3.05, 3.63) is 12.4 Å². The molecule has 0 aromatic carbocycles. The summed E-state index contributed by atoms with van der Waals surface area (Å²) < 4.78 is 6.98. The number of nitrogens with one attached hydrogen (secondary N) is 1. The quantitative estimate of drug-likeness (QED) is 0.531. The Labute approximate surface area is 108 Å². The highest BCUT2D eigenvalue weighted by Crippen LogP contribution is 2.09. The van der Waals surface area contributed by atoms with Crippen molar-refractivity contribution in [2.45, 2.75) is 32.4 Å². The first-order valence-corrected chi connectivity index (χ1v) is 6.34. The van der Waals surface area contributed by atoms with Crippen LogP contribution in [0.4, 0.5) is 5.69 Å². The molecular formula is C12H23N3O3. The molecular weight excluding hydrogens is 234 g/mol. The molecule has 0 aliphatic rings. The zero-order valence-electron chi connectivity index (χ0n) is 10.9. The van der Waals surface area contributed by atoms with E-state index in [2.05, 4.69) is 17.3 Å². The highest BCUT2D eigenvalue weighted by atomic mass is 16.5. The smallest absolute Gasteiger partial charge is 0.0728 e. The van der Waals surface area contributed by atoms with Crippen molar-refractivity contribution in [2.75, 3.05) is 31.7 Å². The van der Waals surface area contributed by atoms with Gasteiger partial charge in [0.2, 0.25) is 0 Å². The van der Waals surface area contributed by atoms with Crippen molar-refractivity contribution < 1.29 is 14.9 Å². The van der Waals surface area contributed by atoms with Crippen molar-refractivity contribution in [3.63, 3.8) is 0 Å². The van der Waals surface area contributed by atoms with E-state index in [0.29, 0.717) is 25.8 Å². The van der Waals surface area contributed by atoms with E-state index < -0.39 is 0 Å². The fourth-order valence-corrected chi connectivity index (χ4v) is 1.64. The third kappa shape index (κ3) is 6.00. The molecule has 0 aliphatic carbocycles. The summed E-state index contributed by atoms with van der Waals surface area (Å²) in [7, 11) is 0. The Morgan fingerprint density at radius 3 is 2.94 bits per heavy atom. The number of hydrogen-bond acceptors (Lipinski definition) is 5. The second kappa shape index (κ2) is 8.91. The Balaban J connectivity index is 2.25. The van der Waals surface area contributed by atoms with Gasteiger partial charge in [0.1, 0.15) is 0 Å². The predicted octanol–water partition coefficient (Wildman–Crippen LogP) is 0.465. The molecule has 6 nitrogen and oxygen atoms in total. The topological polar surface area (TPSA) is 79.5 Å². The van der Waals surface area contributed by atoms with Gasteiger partial charge in [0.15, 0.2) is 0 Å². The van der Waals surface area contributed by atoms with Gasteiger partial charge in [-0.25, -0.2) is 0 Å². The Bertz CT molecular complexity index is 317. The minimum Gasteiger partial charge on any atom is -0.396 e. The molecule has 1 rings (SSSR count). The lowest BCUT2D eigenvalue weighted by Crippen LogP contribution is -2.15. The van der Waals surface area contributed by atoms with Gasteiger partial charge >= 0.3 is 0 Å². The lowest BCUT2D eigenvalue weighted by molar-refractivity contribution is 0.0854. The number of rotatable bonds is 10. The van der Waals surface area contributed by atoms with Gasteiger partial charge in [0.05, 0.1) is 38.2 Å². The molecule has 0 radical (unpaired) electrons. The molecule has 1 heterocycles. The van der Waals surface area contributed by atoms with Crippen LogP contribution in [-0.4, -0.2) is 52.5 Å². The average molecular weight is 257 g/mol. The van der Waals surface area contributed by atoms with E-state index in [9.17, 15) is 0 Å². The van der Waals surface area contributed by atoms with E-state index in [-0.39, 0.29) is 13.2 Å². The summed E-state index contributed by atoms with van der Waals surface area (Å²) in [6.45, 7) is 3.94. The Morgan fingerprint density at radius 2 is 2.22 bits per heavy atom. The molecule has 0 fully saturated rings. The van der Waals surface area contributed by atoms with Crippen molar-refractivity contribution in [1.82, 2.24) is 9.78 Å². The largest absolute Gasteiger partial charge is 0.396 e. The Morgan fingerprint density at radius 1 is 1.39 bits per heavy atom. The summed E-state index contributed by atoms with van der Waals surface area (Å²) in [5.74, 6) is 0. The van der Waals surface area contributed by atoms with Gasteiger partial charge in [-0.05, 0) is 19.8 Å². The van der Waals surface area contributed by atoms with Gasteiger partial charge in [-0.2, -0.15) is 5.10 Å². The van der Waals surface area contributed by atoms with Gasteiger partial charge in [0.25, 0.3) is 0 Å². The molecule has 18 heavy (non-hydrogen) atoms. The van der Waals surface area contributed by atoms with Crippen LogP contribution in [0.2, 0.25) is 0 Å². The van der Waals surface area contributed by atoms with Crippen LogP contribution in [0, 0.1) is 0 Å². The lowest BCUT2D eigenvalue weighted by atomic mass is 10.2. The molecule has 0 aliphatic heterocycles. The molecule has 0 bridgehead atoms. The van der Waals surface area contributed by atoms with E-state index in [0.717, 1.165) is 18.5 Å². The van der Waals surface area contributed by atoms with Gasteiger partial charge in [-0.1, -0.05) is 0 Å². The molecule has 1 aromatic rings. The lowest BCUT2D eigenvalue weighted by Gasteiger charge is -2.12. The molecule has 1 aromatic heterocycles. The summed E-state index contributed by atoms with van der Waals surface area (Å²) >= 11 is 0. The number of aliphatic hydroxyl groups is 2. The van der Waals surface area contributed by atoms with Gasteiger partial charge in [0, 0.05) is 18.8 Å². The minimum atomic E-state index is 0.0499. The summed E-state index contributed by atoms with van der Waals surface area (Å²) in [5, 5.41) is 24.8. The van der Waals surface area contributed by atoms with Gasteiger partial charge < -0.3 is 20.3 Å². The Hall–Kier alpha value is -1.11. The summed E-state index contributed by atoms with van der Waals surface area (Å²) in [5.41, 5.74) is 0.975. The summed E-state index contributed by atoms with van der Waals surface area (Å²) in [6.07, 6.45) is 5.44. The van der Waals surface area contributed by atoms with E-state index in [4.69, 9.17) is 14.9 Å². The van der Waals surface area contributed by atoms with Crippen LogP contribution in [0.3, 0.4) is 0 Å². The molecule has 104 valence electrons. The van der Waals surface area contributed by atoms with Crippen LogP contribution < -0.4 is 5.32 Å². The minimum absolute atomic E-state index is 0.0499. The van der Waals surface area contributed by atoms with E-state index >= 15 is 0 Å². The SMILES string of the molecule is CC(CCCO)Nc1cnn(CCOCCO)c1. The summed E-state index contributed by atoms with van der Waals surface area (Å²) in [4.78, 5) is 0.